The lowest BCUT2D eigenvalue weighted by Gasteiger charge is -2.09. The van der Waals surface area contributed by atoms with Crippen LogP contribution in [0.3, 0.4) is 0 Å². The molecule has 0 aliphatic heterocycles. The summed E-state index contributed by atoms with van der Waals surface area (Å²) in [5, 5.41) is 14.4. The van der Waals surface area contributed by atoms with Gasteiger partial charge in [-0.3, -0.25) is 5.32 Å². The minimum Gasteiger partial charge on any atom is -0.493 e. The van der Waals surface area contributed by atoms with Crippen LogP contribution in [0.4, 0.5) is 15.6 Å². The third-order valence-corrected chi connectivity index (χ3v) is 4.49. The molecule has 9 heteroatoms. The number of carbonyl (C=O) groups excluding carboxylic acids is 1. The van der Waals surface area contributed by atoms with Crippen LogP contribution in [-0.4, -0.2) is 30.4 Å². The highest BCUT2D eigenvalue weighted by Crippen LogP contribution is 2.31. The van der Waals surface area contributed by atoms with E-state index in [2.05, 4.69) is 20.8 Å². The molecule has 28 heavy (non-hydrogen) atoms. The van der Waals surface area contributed by atoms with E-state index in [1.165, 1.54) is 11.3 Å². The van der Waals surface area contributed by atoms with Crippen LogP contribution in [0.5, 0.6) is 17.2 Å². The van der Waals surface area contributed by atoms with E-state index in [1.807, 2.05) is 31.2 Å². The number of amides is 2. The fourth-order valence-corrected chi connectivity index (χ4v) is 3.04. The van der Waals surface area contributed by atoms with Gasteiger partial charge in [-0.2, -0.15) is 0 Å². The fraction of sp³-hybridized carbons (Fsp3) is 0.211. The van der Waals surface area contributed by atoms with Crippen LogP contribution in [0.25, 0.3) is 0 Å². The topological polar surface area (TPSA) is 94.6 Å². The standard InChI is InChI=1S/C19H20N4O4S/c1-12-5-4-6-13(9-12)20-18(24)21-19-23-22-17(28-19)11-27-14-7-8-15(25-2)16(10-14)26-3/h4-10H,11H2,1-3H3,(H2,20,21,23,24). The number of carbonyl (C=O) groups is 1. The smallest absolute Gasteiger partial charge is 0.325 e. The summed E-state index contributed by atoms with van der Waals surface area (Å²) < 4.78 is 16.1. The number of benzene rings is 2. The Balaban J connectivity index is 1.54. The molecular weight excluding hydrogens is 380 g/mol. The number of aromatic nitrogens is 2. The molecule has 1 aromatic heterocycles. The number of ether oxygens (including phenoxy) is 3. The molecule has 2 amide bonds. The second-order valence-corrected chi connectivity index (χ2v) is 6.82. The molecule has 0 radical (unpaired) electrons. The van der Waals surface area contributed by atoms with Crippen molar-refractivity contribution in [3.63, 3.8) is 0 Å². The second-order valence-electron chi connectivity index (χ2n) is 5.76. The third-order valence-electron chi connectivity index (χ3n) is 3.68. The Kier molecular flexibility index (Phi) is 6.28. The first-order valence-electron chi connectivity index (χ1n) is 8.39. The van der Waals surface area contributed by atoms with Gasteiger partial charge < -0.3 is 19.5 Å². The predicted molar refractivity (Wildman–Crippen MR) is 108 cm³/mol. The van der Waals surface area contributed by atoms with E-state index >= 15 is 0 Å². The molecule has 3 aromatic rings. The van der Waals surface area contributed by atoms with E-state index in [-0.39, 0.29) is 12.6 Å². The summed E-state index contributed by atoms with van der Waals surface area (Å²) >= 11 is 1.24. The molecule has 0 fully saturated rings. The Bertz CT molecular complexity index is 961. The molecule has 0 saturated carbocycles. The minimum absolute atomic E-state index is 0.217. The first-order chi connectivity index (χ1) is 13.6. The minimum atomic E-state index is -0.380. The van der Waals surface area contributed by atoms with Crippen LogP contribution >= 0.6 is 11.3 Å². The molecule has 0 aliphatic rings. The third kappa shape index (κ3) is 5.10. The quantitative estimate of drug-likeness (QED) is 0.620. The zero-order valence-electron chi connectivity index (χ0n) is 15.7. The summed E-state index contributed by atoms with van der Waals surface area (Å²) in [5.41, 5.74) is 1.77. The highest BCUT2D eigenvalue weighted by atomic mass is 32.1. The normalized spacial score (nSPS) is 10.2. The van der Waals surface area contributed by atoms with Crippen LogP contribution in [0.1, 0.15) is 10.6 Å². The van der Waals surface area contributed by atoms with Gasteiger partial charge in [-0.1, -0.05) is 23.5 Å². The van der Waals surface area contributed by atoms with Gasteiger partial charge in [0.2, 0.25) is 5.13 Å². The largest absolute Gasteiger partial charge is 0.493 e. The molecule has 1 heterocycles. The number of nitrogens with zero attached hydrogens (tertiary/aromatic N) is 2. The van der Waals surface area contributed by atoms with E-state index in [1.54, 1.807) is 32.4 Å². The van der Waals surface area contributed by atoms with Crippen LogP contribution in [-0.2, 0) is 6.61 Å². The van der Waals surface area contributed by atoms with E-state index in [0.29, 0.717) is 33.1 Å². The van der Waals surface area contributed by atoms with Gasteiger partial charge >= 0.3 is 6.03 Å². The van der Waals surface area contributed by atoms with Gasteiger partial charge in [0.25, 0.3) is 0 Å². The summed E-state index contributed by atoms with van der Waals surface area (Å²) in [6.45, 7) is 2.17. The van der Waals surface area contributed by atoms with Gasteiger partial charge in [0, 0.05) is 11.8 Å². The van der Waals surface area contributed by atoms with Crippen molar-refractivity contribution in [3.05, 3.63) is 53.0 Å². The second kappa shape index (κ2) is 9.05. The molecule has 3 rings (SSSR count). The summed E-state index contributed by atoms with van der Waals surface area (Å²) in [7, 11) is 3.13. The average Bonchev–Trinajstić information content (AvgIpc) is 3.13. The van der Waals surface area contributed by atoms with E-state index < -0.39 is 0 Å². The fourth-order valence-electron chi connectivity index (χ4n) is 2.40. The Morgan fingerprint density at radius 2 is 1.86 bits per heavy atom. The maximum atomic E-state index is 12.1. The summed E-state index contributed by atoms with van der Waals surface area (Å²) in [6.07, 6.45) is 0. The van der Waals surface area contributed by atoms with Crippen LogP contribution in [0, 0.1) is 6.92 Å². The molecule has 146 valence electrons. The lowest BCUT2D eigenvalue weighted by atomic mass is 10.2. The maximum absolute atomic E-state index is 12.1. The molecule has 0 bridgehead atoms. The van der Waals surface area contributed by atoms with Crippen LogP contribution in [0.15, 0.2) is 42.5 Å². The number of hydrogen-bond acceptors (Lipinski definition) is 7. The van der Waals surface area contributed by atoms with E-state index in [4.69, 9.17) is 14.2 Å². The maximum Gasteiger partial charge on any atom is 0.325 e. The molecule has 0 unspecified atom stereocenters. The zero-order chi connectivity index (χ0) is 19.9. The van der Waals surface area contributed by atoms with Gasteiger partial charge in [-0.15, -0.1) is 10.2 Å². The lowest BCUT2D eigenvalue weighted by molar-refractivity contribution is 0.262. The number of hydrogen-bond donors (Lipinski definition) is 2. The SMILES string of the molecule is COc1ccc(OCc2nnc(NC(=O)Nc3cccc(C)c3)s2)cc1OC. The van der Waals surface area contributed by atoms with Crippen molar-refractivity contribution in [2.45, 2.75) is 13.5 Å². The van der Waals surface area contributed by atoms with Crippen molar-refractivity contribution in [2.24, 2.45) is 0 Å². The Labute approximate surface area is 166 Å². The van der Waals surface area contributed by atoms with Crippen molar-refractivity contribution in [3.8, 4) is 17.2 Å². The van der Waals surface area contributed by atoms with Crippen molar-refractivity contribution >= 4 is 28.2 Å². The molecular formula is C19H20N4O4S. The number of aryl methyl sites for hydroxylation is 1. The van der Waals surface area contributed by atoms with Gasteiger partial charge in [0.1, 0.15) is 12.4 Å². The number of urea groups is 1. The monoisotopic (exact) mass is 400 g/mol. The van der Waals surface area contributed by atoms with Gasteiger partial charge in [0.05, 0.1) is 14.2 Å². The number of nitrogens with one attached hydrogen (secondary N) is 2. The Hall–Kier alpha value is -3.33. The molecule has 2 N–H and O–H groups in total. The zero-order valence-corrected chi connectivity index (χ0v) is 16.5. The highest BCUT2D eigenvalue weighted by molar-refractivity contribution is 7.15. The van der Waals surface area contributed by atoms with Gasteiger partial charge in [0.15, 0.2) is 16.5 Å². The van der Waals surface area contributed by atoms with E-state index in [0.717, 1.165) is 5.56 Å². The van der Waals surface area contributed by atoms with Crippen molar-refractivity contribution in [2.75, 3.05) is 24.9 Å². The summed E-state index contributed by atoms with van der Waals surface area (Å²) in [4.78, 5) is 12.1. The lowest BCUT2D eigenvalue weighted by Crippen LogP contribution is -2.19. The molecule has 0 aliphatic carbocycles. The van der Waals surface area contributed by atoms with Crippen LogP contribution < -0.4 is 24.8 Å². The number of rotatable bonds is 7. The molecule has 0 saturated heterocycles. The summed E-state index contributed by atoms with van der Waals surface area (Å²) in [6, 6.07) is 12.4. The van der Waals surface area contributed by atoms with E-state index in [9.17, 15) is 4.79 Å². The van der Waals surface area contributed by atoms with Gasteiger partial charge in [-0.05, 0) is 36.8 Å². The number of methoxy groups -OCH3 is 2. The number of anilines is 2. The van der Waals surface area contributed by atoms with Crippen molar-refractivity contribution in [1.82, 2.24) is 10.2 Å². The molecule has 0 spiro atoms. The average molecular weight is 400 g/mol. The van der Waals surface area contributed by atoms with Gasteiger partial charge in [-0.25, -0.2) is 4.79 Å². The first kappa shape index (κ1) is 19.4. The Morgan fingerprint density at radius 1 is 1.04 bits per heavy atom. The highest BCUT2D eigenvalue weighted by Gasteiger charge is 2.10. The predicted octanol–water partition coefficient (Wildman–Crippen LogP) is 4.09. The van der Waals surface area contributed by atoms with Crippen LogP contribution in [0.2, 0.25) is 0 Å². The van der Waals surface area contributed by atoms with Crippen molar-refractivity contribution < 1.29 is 19.0 Å². The molecule has 8 nitrogen and oxygen atoms in total. The van der Waals surface area contributed by atoms with Crippen molar-refractivity contribution in [1.29, 1.82) is 0 Å². The first-order valence-corrected chi connectivity index (χ1v) is 9.21. The molecule has 0 atom stereocenters. The molecule has 2 aromatic carbocycles. The Morgan fingerprint density at radius 3 is 2.61 bits per heavy atom. The summed E-state index contributed by atoms with van der Waals surface area (Å²) in [5.74, 6) is 1.81.